The van der Waals surface area contributed by atoms with Crippen LogP contribution in [0, 0.1) is 5.92 Å². The van der Waals surface area contributed by atoms with Crippen molar-refractivity contribution in [1.82, 2.24) is 20.4 Å². The second kappa shape index (κ2) is 10.8. The number of rotatable bonds is 7. The van der Waals surface area contributed by atoms with Gasteiger partial charge in [0.1, 0.15) is 0 Å². The summed E-state index contributed by atoms with van der Waals surface area (Å²) in [6.07, 6.45) is 3.82. The minimum Gasteiger partial charge on any atom is -0.357 e. The quantitative estimate of drug-likeness (QED) is 0.493. The first kappa shape index (κ1) is 22.6. The highest BCUT2D eigenvalue weighted by Crippen LogP contribution is 2.28. The van der Waals surface area contributed by atoms with Crippen molar-refractivity contribution >= 4 is 23.5 Å². The monoisotopic (exact) mass is 440 g/mol. The average Bonchev–Trinajstić information content (AvgIpc) is 3.13. The molecule has 4 rings (SSSR count). The summed E-state index contributed by atoms with van der Waals surface area (Å²) in [7, 11) is 0. The van der Waals surface area contributed by atoms with E-state index in [1.807, 2.05) is 47.1 Å². The molecule has 3 aliphatic rings. The molecule has 3 fully saturated rings. The van der Waals surface area contributed by atoms with Gasteiger partial charge < -0.3 is 20.4 Å². The van der Waals surface area contributed by atoms with Crippen LogP contribution in [0.2, 0.25) is 0 Å². The summed E-state index contributed by atoms with van der Waals surface area (Å²) in [5, 5.41) is 6.74. The van der Waals surface area contributed by atoms with E-state index in [0.717, 1.165) is 63.8 Å². The van der Waals surface area contributed by atoms with E-state index in [9.17, 15) is 9.59 Å². The smallest absolute Gasteiger partial charge is 0.229 e. The summed E-state index contributed by atoms with van der Waals surface area (Å²) in [4.78, 5) is 35.9. The van der Waals surface area contributed by atoms with Crippen molar-refractivity contribution in [2.24, 2.45) is 10.9 Å². The first-order valence-electron chi connectivity index (χ1n) is 12.1. The lowest BCUT2D eigenvalue weighted by Crippen LogP contribution is -2.51. The minimum atomic E-state index is 0.0431. The topological polar surface area (TPSA) is 80.3 Å². The first-order valence-corrected chi connectivity index (χ1v) is 12.1. The Morgan fingerprint density at radius 3 is 2.53 bits per heavy atom. The maximum atomic E-state index is 12.5. The van der Waals surface area contributed by atoms with E-state index >= 15 is 0 Å². The summed E-state index contributed by atoms with van der Waals surface area (Å²) in [6.45, 7) is 8.53. The van der Waals surface area contributed by atoms with E-state index in [1.165, 1.54) is 6.42 Å². The molecule has 1 aliphatic carbocycles. The standard InChI is InChI=1S/C24H36N6O2/c1-2-25-24(27-20-17-22(31)30(18-20)21-9-4-3-5-10-21)26-11-12-28-13-15-29(16-14-28)23(32)19-7-6-8-19/h3-5,9-10,19-20H,2,6-8,11-18H2,1H3,(H2,25,26,27). The van der Waals surface area contributed by atoms with Crippen molar-refractivity contribution in [1.29, 1.82) is 0 Å². The Labute approximate surface area is 191 Å². The molecule has 2 heterocycles. The number of hydrogen-bond acceptors (Lipinski definition) is 4. The van der Waals surface area contributed by atoms with Gasteiger partial charge in [-0.15, -0.1) is 0 Å². The molecule has 32 heavy (non-hydrogen) atoms. The number of guanidine groups is 1. The van der Waals surface area contributed by atoms with Crippen LogP contribution in [0.4, 0.5) is 5.69 Å². The van der Waals surface area contributed by atoms with E-state index in [1.54, 1.807) is 0 Å². The third-order valence-corrected chi connectivity index (χ3v) is 6.70. The SMILES string of the molecule is CCNC(=NCCN1CCN(C(=O)C2CCC2)CC1)NC1CC(=O)N(c2ccccc2)C1. The van der Waals surface area contributed by atoms with Gasteiger partial charge >= 0.3 is 0 Å². The van der Waals surface area contributed by atoms with Gasteiger partial charge in [0.15, 0.2) is 5.96 Å². The fraction of sp³-hybridized carbons (Fsp3) is 0.625. The number of benzene rings is 1. The second-order valence-electron chi connectivity index (χ2n) is 8.94. The Hall–Kier alpha value is -2.61. The Morgan fingerprint density at radius 1 is 1.12 bits per heavy atom. The van der Waals surface area contributed by atoms with Crippen molar-refractivity contribution in [2.45, 2.75) is 38.6 Å². The molecule has 2 amide bonds. The largest absolute Gasteiger partial charge is 0.357 e. The Balaban J connectivity index is 1.22. The molecule has 174 valence electrons. The van der Waals surface area contributed by atoms with Crippen LogP contribution in [0.5, 0.6) is 0 Å². The van der Waals surface area contributed by atoms with Gasteiger partial charge in [-0.2, -0.15) is 0 Å². The van der Waals surface area contributed by atoms with E-state index in [2.05, 4.69) is 15.5 Å². The van der Waals surface area contributed by atoms with Gasteiger partial charge in [0.05, 0.1) is 12.6 Å². The Bertz CT molecular complexity index is 802. The van der Waals surface area contributed by atoms with Crippen molar-refractivity contribution in [3.05, 3.63) is 30.3 Å². The summed E-state index contributed by atoms with van der Waals surface area (Å²) in [5.74, 6) is 1.56. The third kappa shape index (κ3) is 5.59. The maximum Gasteiger partial charge on any atom is 0.229 e. The van der Waals surface area contributed by atoms with Crippen molar-refractivity contribution < 1.29 is 9.59 Å². The van der Waals surface area contributed by atoms with Crippen LogP contribution in [0.25, 0.3) is 0 Å². The highest BCUT2D eigenvalue weighted by Gasteiger charge is 2.32. The molecule has 1 saturated carbocycles. The van der Waals surface area contributed by atoms with E-state index in [4.69, 9.17) is 4.99 Å². The molecule has 1 aromatic rings. The predicted octanol–water partition coefficient (Wildman–Crippen LogP) is 1.29. The lowest BCUT2D eigenvalue weighted by molar-refractivity contribution is -0.139. The van der Waals surface area contributed by atoms with E-state index < -0.39 is 0 Å². The number of nitrogens with zero attached hydrogens (tertiary/aromatic N) is 4. The second-order valence-corrected chi connectivity index (χ2v) is 8.94. The lowest BCUT2D eigenvalue weighted by atomic mass is 9.84. The van der Waals surface area contributed by atoms with Gasteiger partial charge in [-0.3, -0.25) is 19.5 Å². The highest BCUT2D eigenvalue weighted by molar-refractivity contribution is 5.97. The molecule has 1 aromatic carbocycles. The Morgan fingerprint density at radius 2 is 1.88 bits per heavy atom. The number of piperazine rings is 1. The number of hydrogen-bond donors (Lipinski definition) is 2. The van der Waals surface area contributed by atoms with E-state index in [0.29, 0.717) is 31.3 Å². The van der Waals surface area contributed by atoms with Crippen LogP contribution in [-0.2, 0) is 9.59 Å². The zero-order valence-corrected chi connectivity index (χ0v) is 19.1. The number of aliphatic imine (C=N–C) groups is 1. The average molecular weight is 441 g/mol. The van der Waals surface area contributed by atoms with Crippen LogP contribution in [0.15, 0.2) is 35.3 Å². The van der Waals surface area contributed by atoms with Crippen molar-refractivity contribution in [3.63, 3.8) is 0 Å². The zero-order chi connectivity index (χ0) is 22.3. The van der Waals surface area contributed by atoms with Crippen LogP contribution in [0.1, 0.15) is 32.6 Å². The fourth-order valence-corrected chi connectivity index (χ4v) is 4.58. The van der Waals surface area contributed by atoms with Crippen LogP contribution in [-0.4, -0.2) is 86.0 Å². The fourth-order valence-electron chi connectivity index (χ4n) is 4.58. The van der Waals surface area contributed by atoms with Gasteiger partial charge in [-0.25, -0.2) is 0 Å². The highest BCUT2D eigenvalue weighted by atomic mass is 16.2. The molecule has 1 atom stereocenters. The molecule has 8 nitrogen and oxygen atoms in total. The summed E-state index contributed by atoms with van der Waals surface area (Å²) >= 11 is 0. The molecular weight excluding hydrogens is 404 g/mol. The van der Waals surface area contributed by atoms with Gasteiger partial charge in [-0.1, -0.05) is 24.6 Å². The zero-order valence-electron chi connectivity index (χ0n) is 19.1. The molecule has 0 radical (unpaired) electrons. The van der Waals surface area contributed by atoms with Crippen LogP contribution >= 0.6 is 0 Å². The maximum absolute atomic E-state index is 12.5. The molecule has 8 heteroatoms. The summed E-state index contributed by atoms with van der Waals surface area (Å²) in [6, 6.07) is 9.86. The first-order chi connectivity index (χ1) is 15.6. The van der Waals surface area contributed by atoms with Crippen LogP contribution in [0.3, 0.4) is 0 Å². The van der Waals surface area contributed by atoms with Crippen LogP contribution < -0.4 is 15.5 Å². The third-order valence-electron chi connectivity index (χ3n) is 6.70. The van der Waals surface area contributed by atoms with Gasteiger partial charge in [0.25, 0.3) is 0 Å². The molecule has 1 unspecified atom stereocenters. The number of nitrogens with one attached hydrogen (secondary N) is 2. The van der Waals surface area contributed by atoms with Crippen molar-refractivity contribution in [2.75, 3.05) is 57.3 Å². The van der Waals surface area contributed by atoms with E-state index in [-0.39, 0.29) is 11.9 Å². The Kier molecular flexibility index (Phi) is 7.63. The molecule has 0 spiro atoms. The number of carbonyl (C=O) groups is 2. The number of anilines is 1. The number of para-hydroxylation sites is 1. The molecule has 2 aliphatic heterocycles. The summed E-state index contributed by atoms with van der Waals surface area (Å²) < 4.78 is 0. The lowest BCUT2D eigenvalue weighted by Gasteiger charge is -2.38. The molecule has 0 bridgehead atoms. The van der Waals surface area contributed by atoms with Gasteiger partial charge in [-0.05, 0) is 31.9 Å². The molecule has 0 aromatic heterocycles. The van der Waals surface area contributed by atoms with Gasteiger partial charge in [0, 0.05) is 63.8 Å². The normalized spacial score (nSPS) is 22.7. The summed E-state index contributed by atoms with van der Waals surface area (Å²) in [5.41, 5.74) is 0.943. The molecule has 2 saturated heterocycles. The molecular formula is C24H36N6O2. The van der Waals surface area contributed by atoms with Gasteiger partial charge in [0.2, 0.25) is 11.8 Å². The minimum absolute atomic E-state index is 0.0431. The number of amides is 2. The predicted molar refractivity (Wildman–Crippen MR) is 127 cm³/mol. The number of carbonyl (C=O) groups excluding carboxylic acids is 2. The van der Waals surface area contributed by atoms with Crippen molar-refractivity contribution in [3.8, 4) is 0 Å². The molecule has 2 N–H and O–H groups in total.